The Kier molecular flexibility index (Phi) is 5.84. The number of hydrogen-bond donors (Lipinski definition) is 1. The Morgan fingerprint density at radius 3 is 2.00 bits per heavy atom. The molecule has 1 fully saturated rings. The SMILES string of the molecule is CC[C@@H](C(=O)N1C[C@@H](C)N(C)[C@@H](C)C1)N(C(=O)O)C(C)(C)C. The number of rotatable bonds is 3. The Balaban J connectivity index is 2.99. The second-order valence-corrected chi connectivity index (χ2v) is 7.35. The summed E-state index contributed by atoms with van der Waals surface area (Å²) < 4.78 is 0. The molecule has 0 spiro atoms. The number of hydrogen-bond acceptors (Lipinski definition) is 3. The van der Waals surface area contributed by atoms with Crippen molar-refractivity contribution in [1.29, 1.82) is 0 Å². The molecule has 6 nitrogen and oxygen atoms in total. The van der Waals surface area contributed by atoms with Crippen molar-refractivity contribution in [2.45, 2.75) is 71.6 Å². The fourth-order valence-corrected chi connectivity index (χ4v) is 3.15. The number of amides is 2. The zero-order valence-corrected chi connectivity index (χ0v) is 15.0. The van der Waals surface area contributed by atoms with E-state index in [2.05, 4.69) is 25.8 Å². The van der Waals surface area contributed by atoms with Gasteiger partial charge in [0.05, 0.1) is 0 Å². The topological polar surface area (TPSA) is 64.1 Å². The van der Waals surface area contributed by atoms with E-state index in [-0.39, 0.29) is 18.0 Å². The first-order chi connectivity index (χ1) is 10.0. The number of carbonyl (C=O) groups excluding carboxylic acids is 1. The molecule has 0 aromatic rings. The first-order valence-electron chi connectivity index (χ1n) is 8.03. The van der Waals surface area contributed by atoms with Gasteiger partial charge in [0.15, 0.2) is 0 Å². The van der Waals surface area contributed by atoms with Gasteiger partial charge in [0.2, 0.25) is 5.91 Å². The number of likely N-dealkylation sites (N-methyl/N-ethyl adjacent to an activating group) is 1. The Labute approximate surface area is 134 Å². The van der Waals surface area contributed by atoms with Crippen molar-refractivity contribution >= 4 is 12.0 Å². The summed E-state index contributed by atoms with van der Waals surface area (Å²) in [6, 6.07) is -0.0726. The Morgan fingerprint density at radius 2 is 1.68 bits per heavy atom. The van der Waals surface area contributed by atoms with Gasteiger partial charge in [0.1, 0.15) is 6.04 Å². The number of carbonyl (C=O) groups is 2. The summed E-state index contributed by atoms with van der Waals surface area (Å²) in [6.07, 6.45) is -0.555. The lowest BCUT2D eigenvalue weighted by Gasteiger charge is -2.45. The van der Waals surface area contributed by atoms with Gasteiger partial charge in [-0.25, -0.2) is 4.79 Å². The Morgan fingerprint density at radius 1 is 1.23 bits per heavy atom. The molecule has 1 saturated heterocycles. The molecule has 0 aromatic heterocycles. The van der Waals surface area contributed by atoms with Crippen LogP contribution in [0.15, 0.2) is 0 Å². The summed E-state index contributed by atoms with van der Waals surface area (Å²) in [6.45, 7) is 12.8. The molecule has 128 valence electrons. The van der Waals surface area contributed by atoms with Gasteiger partial charge in [0.25, 0.3) is 0 Å². The van der Waals surface area contributed by atoms with E-state index in [1.807, 2.05) is 32.6 Å². The second kappa shape index (κ2) is 6.86. The molecule has 1 N–H and O–H groups in total. The third kappa shape index (κ3) is 3.91. The quantitative estimate of drug-likeness (QED) is 0.866. The van der Waals surface area contributed by atoms with E-state index in [0.29, 0.717) is 19.5 Å². The highest BCUT2D eigenvalue weighted by Gasteiger charge is 2.40. The van der Waals surface area contributed by atoms with Crippen LogP contribution < -0.4 is 0 Å². The lowest BCUT2D eigenvalue weighted by Crippen LogP contribution is -2.62. The molecule has 0 aliphatic carbocycles. The maximum atomic E-state index is 12.9. The maximum absolute atomic E-state index is 12.9. The van der Waals surface area contributed by atoms with Crippen molar-refractivity contribution in [1.82, 2.24) is 14.7 Å². The third-order valence-electron chi connectivity index (χ3n) is 4.58. The fraction of sp³-hybridized carbons (Fsp3) is 0.875. The first-order valence-corrected chi connectivity index (χ1v) is 8.03. The van der Waals surface area contributed by atoms with Crippen LogP contribution in [0.5, 0.6) is 0 Å². The van der Waals surface area contributed by atoms with Crippen LogP contribution in [-0.4, -0.2) is 75.6 Å². The van der Waals surface area contributed by atoms with Crippen molar-refractivity contribution in [3.05, 3.63) is 0 Å². The van der Waals surface area contributed by atoms with Crippen LogP contribution in [0.2, 0.25) is 0 Å². The molecular weight excluding hydrogens is 282 g/mol. The largest absolute Gasteiger partial charge is 0.465 e. The number of piperazine rings is 1. The van der Waals surface area contributed by atoms with E-state index >= 15 is 0 Å². The molecule has 1 rings (SSSR count). The molecule has 0 unspecified atom stereocenters. The number of nitrogens with zero attached hydrogens (tertiary/aromatic N) is 3. The molecule has 0 bridgehead atoms. The molecule has 0 radical (unpaired) electrons. The smallest absolute Gasteiger partial charge is 0.408 e. The second-order valence-electron chi connectivity index (χ2n) is 7.35. The van der Waals surface area contributed by atoms with E-state index in [0.717, 1.165) is 0 Å². The number of carboxylic acid groups (broad SMARTS) is 1. The van der Waals surface area contributed by atoms with Crippen LogP contribution in [0.25, 0.3) is 0 Å². The zero-order valence-electron chi connectivity index (χ0n) is 15.0. The molecule has 1 aliphatic rings. The maximum Gasteiger partial charge on any atom is 0.408 e. The highest BCUT2D eigenvalue weighted by molar-refractivity contribution is 5.85. The standard InChI is InChI=1S/C16H31N3O3/c1-8-13(19(15(21)22)16(4,5)6)14(20)18-9-11(2)17(7)12(3)10-18/h11-13H,8-10H2,1-7H3,(H,21,22)/t11-,12+,13-/m0/s1. The third-order valence-corrected chi connectivity index (χ3v) is 4.58. The minimum Gasteiger partial charge on any atom is -0.465 e. The average molecular weight is 313 g/mol. The highest BCUT2D eigenvalue weighted by Crippen LogP contribution is 2.23. The first kappa shape index (κ1) is 18.7. The summed E-state index contributed by atoms with van der Waals surface area (Å²) in [5.41, 5.74) is -0.605. The van der Waals surface area contributed by atoms with Crippen molar-refractivity contribution < 1.29 is 14.7 Å². The van der Waals surface area contributed by atoms with Crippen molar-refractivity contribution in [3.8, 4) is 0 Å². The van der Waals surface area contributed by atoms with Crippen LogP contribution >= 0.6 is 0 Å². The molecule has 0 saturated carbocycles. The zero-order chi connectivity index (χ0) is 17.2. The summed E-state index contributed by atoms with van der Waals surface area (Å²) in [5.74, 6) is -0.0772. The van der Waals surface area contributed by atoms with Crippen LogP contribution in [0.1, 0.15) is 48.0 Å². The summed E-state index contributed by atoms with van der Waals surface area (Å²) in [7, 11) is 2.06. The van der Waals surface area contributed by atoms with E-state index in [4.69, 9.17) is 0 Å². The molecule has 1 heterocycles. The molecule has 22 heavy (non-hydrogen) atoms. The van der Waals surface area contributed by atoms with Crippen molar-refractivity contribution in [2.24, 2.45) is 0 Å². The minimum atomic E-state index is -1.04. The van der Waals surface area contributed by atoms with E-state index in [9.17, 15) is 14.7 Å². The van der Waals surface area contributed by atoms with E-state index < -0.39 is 17.7 Å². The molecule has 0 aromatic carbocycles. The van der Waals surface area contributed by atoms with Gasteiger partial charge < -0.3 is 10.0 Å². The average Bonchev–Trinajstić information content (AvgIpc) is 2.38. The van der Waals surface area contributed by atoms with Crippen LogP contribution in [-0.2, 0) is 4.79 Å². The lowest BCUT2D eigenvalue weighted by molar-refractivity contribution is -0.142. The van der Waals surface area contributed by atoms with Gasteiger partial charge in [-0.05, 0) is 48.1 Å². The normalized spacial score (nSPS) is 25.0. The molecule has 6 heteroatoms. The predicted molar refractivity (Wildman–Crippen MR) is 87.0 cm³/mol. The Bertz CT molecular complexity index is 407. The molecule has 2 amide bonds. The minimum absolute atomic E-state index is 0.0772. The molecule has 3 atom stereocenters. The highest BCUT2D eigenvalue weighted by atomic mass is 16.4. The van der Waals surface area contributed by atoms with Crippen molar-refractivity contribution in [3.63, 3.8) is 0 Å². The van der Waals surface area contributed by atoms with E-state index in [1.165, 1.54) is 4.90 Å². The molecular formula is C16H31N3O3. The van der Waals surface area contributed by atoms with E-state index in [1.54, 1.807) is 0 Å². The fourth-order valence-electron chi connectivity index (χ4n) is 3.15. The van der Waals surface area contributed by atoms with Gasteiger partial charge in [-0.2, -0.15) is 0 Å². The monoisotopic (exact) mass is 313 g/mol. The van der Waals surface area contributed by atoms with Crippen molar-refractivity contribution in [2.75, 3.05) is 20.1 Å². The van der Waals surface area contributed by atoms with Crippen LogP contribution in [0, 0.1) is 0 Å². The summed E-state index contributed by atoms with van der Waals surface area (Å²) in [5, 5.41) is 9.55. The van der Waals surface area contributed by atoms with Gasteiger partial charge in [-0.3, -0.25) is 14.6 Å². The predicted octanol–water partition coefficient (Wildman–Crippen LogP) is 2.09. The van der Waals surface area contributed by atoms with Gasteiger partial charge in [-0.15, -0.1) is 0 Å². The van der Waals surface area contributed by atoms with Crippen LogP contribution in [0.3, 0.4) is 0 Å². The summed E-state index contributed by atoms with van der Waals surface area (Å²) in [4.78, 5) is 30.0. The lowest BCUT2D eigenvalue weighted by atomic mass is 10.00. The van der Waals surface area contributed by atoms with Gasteiger partial charge in [-0.1, -0.05) is 6.92 Å². The van der Waals surface area contributed by atoms with Gasteiger partial charge >= 0.3 is 6.09 Å². The van der Waals surface area contributed by atoms with Gasteiger partial charge in [0, 0.05) is 30.7 Å². The Hall–Kier alpha value is -1.30. The molecule has 1 aliphatic heterocycles. The van der Waals surface area contributed by atoms with Crippen LogP contribution in [0.4, 0.5) is 4.79 Å². The summed E-state index contributed by atoms with van der Waals surface area (Å²) >= 11 is 0.